The summed E-state index contributed by atoms with van der Waals surface area (Å²) in [7, 11) is 0. The molecule has 1 heterocycles. The lowest BCUT2D eigenvalue weighted by Gasteiger charge is -2.07. The van der Waals surface area contributed by atoms with Gasteiger partial charge >= 0.3 is 0 Å². The van der Waals surface area contributed by atoms with E-state index >= 15 is 0 Å². The van der Waals surface area contributed by atoms with Gasteiger partial charge in [0.1, 0.15) is 11.5 Å². The molecule has 0 fully saturated rings. The Balaban J connectivity index is 1.90. The van der Waals surface area contributed by atoms with Crippen LogP contribution in [0.2, 0.25) is 0 Å². The minimum Gasteiger partial charge on any atom is -0.322 e. The molecule has 2 aromatic carbocycles. The minimum absolute atomic E-state index is 0.268. The van der Waals surface area contributed by atoms with Gasteiger partial charge in [0.2, 0.25) is 0 Å². The lowest BCUT2D eigenvalue weighted by atomic mass is 10.2. The van der Waals surface area contributed by atoms with Crippen LogP contribution in [-0.2, 0) is 0 Å². The molecular formula is C18H16FN3O. The largest absolute Gasteiger partial charge is 0.322 e. The quantitative estimate of drug-likeness (QED) is 0.798. The number of halogens is 1. The Hall–Kier alpha value is -2.95. The summed E-state index contributed by atoms with van der Waals surface area (Å²) < 4.78 is 15.3. The second-order valence-corrected chi connectivity index (χ2v) is 5.33. The van der Waals surface area contributed by atoms with Crippen LogP contribution in [0, 0.1) is 19.7 Å². The molecule has 0 saturated carbocycles. The summed E-state index contributed by atoms with van der Waals surface area (Å²) in [5.41, 5.74) is 3.09. The molecule has 4 nitrogen and oxygen atoms in total. The highest BCUT2D eigenvalue weighted by molar-refractivity contribution is 6.05. The van der Waals surface area contributed by atoms with Gasteiger partial charge in [-0.2, -0.15) is 5.10 Å². The number of carbonyl (C=O) groups is 1. The molecule has 0 bridgehead atoms. The van der Waals surface area contributed by atoms with Gasteiger partial charge in [-0.15, -0.1) is 0 Å². The van der Waals surface area contributed by atoms with E-state index < -0.39 is 0 Å². The molecule has 0 radical (unpaired) electrons. The number of nitrogens with zero attached hydrogens (tertiary/aromatic N) is 2. The van der Waals surface area contributed by atoms with Crippen LogP contribution >= 0.6 is 0 Å². The van der Waals surface area contributed by atoms with Crippen molar-refractivity contribution in [1.82, 2.24) is 9.78 Å². The first-order valence-corrected chi connectivity index (χ1v) is 7.24. The monoisotopic (exact) mass is 309 g/mol. The first-order chi connectivity index (χ1) is 11.1. The Kier molecular flexibility index (Phi) is 3.93. The lowest BCUT2D eigenvalue weighted by Crippen LogP contribution is -2.13. The van der Waals surface area contributed by atoms with Crippen molar-refractivity contribution in [3.05, 3.63) is 77.4 Å². The zero-order chi connectivity index (χ0) is 16.4. The smallest absolute Gasteiger partial charge is 0.259 e. The van der Waals surface area contributed by atoms with Crippen LogP contribution in [0.1, 0.15) is 21.6 Å². The van der Waals surface area contributed by atoms with Gasteiger partial charge in [-0.05, 0) is 43.7 Å². The normalized spacial score (nSPS) is 10.6. The number of anilines is 1. The van der Waals surface area contributed by atoms with Crippen molar-refractivity contribution in [3.63, 3.8) is 0 Å². The lowest BCUT2D eigenvalue weighted by molar-refractivity contribution is 0.102. The first kappa shape index (κ1) is 15.0. The predicted octanol–water partition coefficient (Wildman–Crippen LogP) is 3.88. The number of nitrogens with one attached hydrogen (secondary N) is 1. The third-order valence-corrected chi connectivity index (χ3v) is 3.61. The van der Waals surface area contributed by atoms with E-state index in [4.69, 9.17) is 0 Å². The molecule has 0 aliphatic rings. The van der Waals surface area contributed by atoms with Crippen LogP contribution in [0.3, 0.4) is 0 Å². The van der Waals surface area contributed by atoms with Crippen LogP contribution in [0.5, 0.6) is 0 Å². The maximum absolute atomic E-state index is 13.9. The van der Waals surface area contributed by atoms with E-state index in [9.17, 15) is 9.18 Å². The molecule has 0 atom stereocenters. The predicted molar refractivity (Wildman–Crippen MR) is 87.4 cm³/mol. The van der Waals surface area contributed by atoms with E-state index in [-0.39, 0.29) is 11.7 Å². The Morgan fingerprint density at radius 3 is 2.65 bits per heavy atom. The van der Waals surface area contributed by atoms with Gasteiger partial charge in [-0.1, -0.05) is 24.3 Å². The zero-order valence-electron chi connectivity index (χ0n) is 12.9. The van der Waals surface area contributed by atoms with Crippen molar-refractivity contribution in [3.8, 4) is 5.69 Å². The van der Waals surface area contributed by atoms with E-state index in [0.717, 1.165) is 5.56 Å². The van der Waals surface area contributed by atoms with Gasteiger partial charge in [0, 0.05) is 5.69 Å². The number of hydrogen-bond acceptors (Lipinski definition) is 2. The van der Waals surface area contributed by atoms with Gasteiger partial charge in [-0.3, -0.25) is 4.79 Å². The van der Waals surface area contributed by atoms with Crippen LogP contribution in [0.4, 0.5) is 10.1 Å². The average molecular weight is 309 g/mol. The maximum atomic E-state index is 13.9. The Labute approximate surface area is 133 Å². The van der Waals surface area contributed by atoms with Crippen molar-refractivity contribution in [2.45, 2.75) is 13.8 Å². The highest BCUT2D eigenvalue weighted by atomic mass is 19.1. The maximum Gasteiger partial charge on any atom is 0.259 e. The number of rotatable bonds is 3. The highest BCUT2D eigenvalue weighted by Crippen LogP contribution is 2.18. The number of hydrogen-bond donors (Lipinski definition) is 1. The first-order valence-electron chi connectivity index (χ1n) is 7.24. The highest BCUT2D eigenvalue weighted by Gasteiger charge is 2.16. The molecule has 5 heteroatoms. The van der Waals surface area contributed by atoms with E-state index in [2.05, 4.69) is 10.4 Å². The number of carbonyl (C=O) groups excluding carboxylic acids is 1. The van der Waals surface area contributed by atoms with Crippen molar-refractivity contribution in [1.29, 1.82) is 0 Å². The molecule has 1 N–H and O–H groups in total. The fourth-order valence-corrected chi connectivity index (χ4v) is 2.42. The second-order valence-electron chi connectivity index (χ2n) is 5.33. The minimum atomic E-state index is -0.385. The number of para-hydroxylation sites is 1. The molecule has 0 unspecified atom stereocenters. The molecule has 0 spiro atoms. The van der Waals surface area contributed by atoms with Gasteiger partial charge in [0.05, 0.1) is 17.5 Å². The van der Waals surface area contributed by atoms with Gasteiger partial charge in [-0.25, -0.2) is 9.07 Å². The Bertz CT molecular complexity index is 870. The molecule has 3 aromatic rings. The number of benzene rings is 2. The van der Waals surface area contributed by atoms with Crippen molar-refractivity contribution in [2.24, 2.45) is 0 Å². The third-order valence-electron chi connectivity index (χ3n) is 3.61. The zero-order valence-corrected chi connectivity index (χ0v) is 12.9. The van der Waals surface area contributed by atoms with Crippen LogP contribution in [0.15, 0.2) is 54.7 Å². The molecule has 3 rings (SSSR count). The summed E-state index contributed by atoms with van der Waals surface area (Å²) in [5.74, 6) is -0.653. The van der Waals surface area contributed by atoms with Gasteiger partial charge < -0.3 is 5.32 Å². The van der Waals surface area contributed by atoms with Crippen molar-refractivity contribution < 1.29 is 9.18 Å². The summed E-state index contributed by atoms with van der Waals surface area (Å²) in [4.78, 5) is 12.4. The SMILES string of the molecule is Cc1cccc(NC(=O)c2cnn(-c3ccccc3F)c2C)c1. The molecule has 23 heavy (non-hydrogen) atoms. The van der Waals surface area contributed by atoms with E-state index in [1.807, 2.05) is 31.2 Å². The standard InChI is InChI=1S/C18H16FN3O/c1-12-6-5-7-14(10-12)21-18(23)15-11-20-22(13(15)2)17-9-4-3-8-16(17)19/h3-11H,1-2H3,(H,21,23). The molecule has 0 aliphatic carbocycles. The molecule has 116 valence electrons. The Morgan fingerprint density at radius 1 is 1.13 bits per heavy atom. The average Bonchev–Trinajstić information content (AvgIpc) is 2.89. The third kappa shape index (κ3) is 2.99. The summed E-state index contributed by atoms with van der Waals surface area (Å²) in [6.07, 6.45) is 1.45. The summed E-state index contributed by atoms with van der Waals surface area (Å²) in [6, 6.07) is 13.9. The van der Waals surface area contributed by atoms with Crippen molar-refractivity contribution >= 4 is 11.6 Å². The molecular weight excluding hydrogens is 293 g/mol. The summed E-state index contributed by atoms with van der Waals surface area (Å²) in [6.45, 7) is 3.70. The van der Waals surface area contributed by atoms with Gasteiger partial charge in [0.25, 0.3) is 5.91 Å². The number of aromatic nitrogens is 2. The Morgan fingerprint density at radius 2 is 1.91 bits per heavy atom. The molecule has 0 saturated heterocycles. The summed E-state index contributed by atoms with van der Waals surface area (Å²) >= 11 is 0. The van der Waals surface area contributed by atoms with E-state index in [1.165, 1.54) is 16.9 Å². The van der Waals surface area contributed by atoms with Crippen LogP contribution < -0.4 is 5.32 Å². The van der Waals surface area contributed by atoms with Crippen LogP contribution in [0.25, 0.3) is 5.69 Å². The van der Waals surface area contributed by atoms with Gasteiger partial charge in [0.15, 0.2) is 0 Å². The number of amides is 1. The topological polar surface area (TPSA) is 46.9 Å². The number of aryl methyl sites for hydroxylation is 1. The van der Waals surface area contributed by atoms with E-state index in [1.54, 1.807) is 25.1 Å². The molecule has 1 amide bonds. The molecule has 1 aromatic heterocycles. The van der Waals surface area contributed by atoms with Crippen LogP contribution in [-0.4, -0.2) is 15.7 Å². The van der Waals surface area contributed by atoms with Crippen molar-refractivity contribution in [2.75, 3.05) is 5.32 Å². The molecule has 0 aliphatic heterocycles. The fourth-order valence-electron chi connectivity index (χ4n) is 2.42. The van der Waals surface area contributed by atoms with E-state index in [0.29, 0.717) is 22.6 Å². The summed E-state index contributed by atoms with van der Waals surface area (Å²) in [5, 5.41) is 6.98. The fraction of sp³-hybridized carbons (Fsp3) is 0.111. The second kappa shape index (κ2) is 6.04.